The lowest BCUT2D eigenvalue weighted by molar-refractivity contribution is 0.199. The van der Waals surface area contributed by atoms with Gasteiger partial charge in [-0.15, -0.1) is 0 Å². The Labute approximate surface area is 128 Å². The lowest BCUT2D eigenvalue weighted by atomic mass is 9.75. The van der Waals surface area contributed by atoms with E-state index >= 15 is 0 Å². The highest BCUT2D eigenvalue weighted by atomic mass is 15.1. The molecule has 0 spiro atoms. The number of hydrogen-bond acceptors (Lipinski definition) is 3. The first-order valence-corrected chi connectivity index (χ1v) is 7.77. The van der Waals surface area contributed by atoms with E-state index < -0.39 is 0 Å². The lowest BCUT2D eigenvalue weighted by Crippen LogP contribution is -2.39. The molecular formula is C17H28N4. The van der Waals surface area contributed by atoms with Crippen molar-refractivity contribution in [1.82, 2.24) is 4.98 Å². The van der Waals surface area contributed by atoms with Crippen LogP contribution >= 0.6 is 0 Å². The molecule has 1 aromatic rings. The number of nitrogen functional groups attached to an aromatic ring is 1. The summed E-state index contributed by atoms with van der Waals surface area (Å²) >= 11 is 0. The second-order valence-electron chi connectivity index (χ2n) is 7.28. The number of aromatic nitrogens is 1. The van der Waals surface area contributed by atoms with Crippen LogP contribution in [0.1, 0.15) is 50.6 Å². The van der Waals surface area contributed by atoms with E-state index in [1.165, 1.54) is 12.8 Å². The number of rotatable bonds is 2. The fourth-order valence-corrected chi connectivity index (χ4v) is 3.38. The van der Waals surface area contributed by atoms with Crippen molar-refractivity contribution in [2.24, 2.45) is 17.1 Å². The van der Waals surface area contributed by atoms with E-state index in [4.69, 9.17) is 11.1 Å². The smallest absolute Gasteiger partial charge is 0.126 e. The molecule has 0 atom stereocenters. The molecule has 0 radical (unpaired) electrons. The third-order valence-electron chi connectivity index (χ3n) is 4.64. The lowest BCUT2D eigenvalue weighted by Gasteiger charge is -2.40. The van der Waals surface area contributed by atoms with Crippen LogP contribution in [0.25, 0.3) is 0 Å². The first-order chi connectivity index (χ1) is 9.70. The molecule has 116 valence electrons. The molecule has 2 heterocycles. The van der Waals surface area contributed by atoms with E-state index in [-0.39, 0.29) is 5.84 Å². The summed E-state index contributed by atoms with van der Waals surface area (Å²) in [6, 6.07) is 2.07. The number of nitrogens with one attached hydrogen (secondary N) is 1. The Balaban J connectivity index is 2.26. The van der Waals surface area contributed by atoms with Crippen LogP contribution in [-0.2, 0) is 0 Å². The molecule has 1 aliphatic rings. The molecule has 1 aliphatic heterocycles. The quantitative estimate of drug-likeness (QED) is 0.648. The van der Waals surface area contributed by atoms with Crippen LogP contribution < -0.4 is 10.6 Å². The molecule has 4 nitrogen and oxygen atoms in total. The van der Waals surface area contributed by atoms with Gasteiger partial charge in [0.25, 0.3) is 0 Å². The molecule has 0 aromatic carbocycles. The Bertz CT molecular complexity index is 534. The van der Waals surface area contributed by atoms with E-state index in [9.17, 15) is 0 Å². The van der Waals surface area contributed by atoms with Gasteiger partial charge >= 0.3 is 0 Å². The second-order valence-corrected chi connectivity index (χ2v) is 7.28. The average molecular weight is 288 g/mol. The number of nitrogens with two attached hydrogens (primary N) is 1. The maximum Gasteiger partial charge on any atom is 0.126 e. The van der Waals surface area contributed by atoms with Crippen molar-refractivity contribution < 1.29 is 0 Å². The zero-order valence-electron chi connectivity index (χ0n) is 14.0. The molecule has 2 rings (SSSR count). The highest BCUT2D eigenvalue weighted by Gasteiger charge is 2.30. The predicted octanol–water partition coefficient (Wildman–Crippen LogP) is 3.25. The molecule has 0 amide bonds. The van der Waals surface area contributed by atoms with Crippen molar-refractivity contribution in [3.8, 4) is 0 Å². The van der Waals surface area contributed by atoms with Crippen LogP contribution in [0.5, 0.6) is 0 Å². The van der Waals surface area contributed by atoms with Gasteiger partial charge in [0, 0.05) is 18.8 Å². The van der Waals surface area contributed by atoms with E-state index in [1.807, 2.05) is 13.8 Å². The van der Waals surface area contributed by atoms with Crippen molar-refractivity contribution >= 4 is 11.5 Å². The van der Waals surface area contributed by atoms with Gasteiger partial charge in [-0.25, -0.2) is 0 Å². The normalized spacial score (nSPS) is 17.1. The number of hydrogen-bond donors (Lipinski definition) is 2. The Kier molecular flexibility index (Phi) is 4.26. The molecule has 3 N–H and O–H groups in total. The molecule has 1 fully saturated rings. The Morgan fingerprint density at radius 2 is 1.86 bits per heavy atom. The summed E-state index contributed by atoms with van der Waals surface area (Å²) < 4.78 is 0. The first kappa shape index (κ1) is 15.8. The SMILES string of the molecule is Cc1cc(N2CCC(C(C)(C)C)CC2)c(C(=N)N)c(C)n1. The molecule has 0 aliphatic carbocycles. The minimum atomic E-state index is 0.118. The summed E-state index contributed by atoms with van der Waals surface area (Å²) in [6.07, 6.45) is 2.39. The maximum absolute atomic E-state index is 7.86. The molecule has 4 heteroatoms. The summed E-state index contributed by atoms with van der Waals surface area (Å²) in [5.41, 5.74) is 9.89. The van der Waals surface area contributed by atoms with Gasteiger partial charge in [-0.3, -0.25) is 10.4 Å². The minimum absolute atomic E-state index is 0.118. The standard InChI is InChI=1S/C17H28N4/c1-11-10-14(15(16(18)19)12(2)20-11)21-8-6-13(7-9-21)17(3,4)5/h10,13H,6-9H2,1-5H3,(H3,18,19). The minimum Gasteiger partial charge on any atom is -0.384 e. The summed E-state index contributed by atoms with van der Waals surface area (Å²) in [5, 5.41) is 7.86. The third-order valence-corrected chi connectivity index (χ3v) is 4.64. The third kappa shape index (κ3) is 3.36. The monoisotopic (exact) mass is 288 g/mol. The van der Waals surface area contributed by atoms with Crippen LogP contribution in [-0.4, -0.2) is 23.9 Å². The highest BCUT2D eigenvalue weighted by molar-refractivity contribution is 6.01. The van der Waals surface area contributed by atoms with Gasteiger partial charge in [-0.05, 0) is 44.1 Å². The van der Waals surface area contributed by atoms with E-state index in [2.05, 4.69) is 36.7 Å². The van der Waals surface area contributed by atoms with Gasteiger partial charge in [-0.1, -0.05) is 20.8 Å². The Morgan fingerprint density at radius 3 is 2.33 bits per heavy atom. The number of piperidine rings is 1. The maximum atomic E-state index is 7.86. The number of aryl methyl sites for hydroxylation is 2. The molecule has 0 unspecified atom stereocenters. The number of nitrogens with zero attached hydrogens (tertiary/aromatic N) is 2. The van der Waals surface area contributed by atoms with Crippen molar-refractivity contribution in [2.75, 3.05) is 18.0 Å². The van der Waals surface area contributed by atoms with Crippen LogP contribution in [0.4, 0.5) is 5.69 Å². The summed E-state index contributed by atoms with van der Waals surface area (Å²) in [7, 11) is 0. The van der Waals surface area contributed by atoms with Gasteiger partial charge in [0.1, 0.15) is 5.84 Å². The van der Waals surface area contributed by atoms with Crippen molar-refractivity contribution in [1.29, 1.82) is 5.41 Å². The number of pyridine rings is 1. The topological polar surface area (TPSA) is 66.0 Å². The summed E-state index contributed by atoms with van der Waals surface area (Å²) in [4.78, 5) is 6.83. The van der Waals surface area contributed by atoms with Crippen molar-refractivity contribution in [2.45, 2.75) is 47.5 Å². The van der Waals surface area contributed by atoms with E-state index in [0.29, 0.717) is 5.41 Å². The van der Waals surface area contributed by atoms with Gasteiger partial charge in [0.05, 0.1) is 16.9 Å². The average Bonchev–Trinajstić information content (AvgIpc) is 2.36. The van der Waals surface area contributed by atoms with Crippen molar-refractivity contribution in [3.63, 3.8) is 0 Å². The molecular weight excluding hydrogens is 260 g/mol. The summed E-state index contributed by atoms with van der Waals surface area (Å²) in [6.45, 7) is 13.0. The largest absolute Gasteiger partial charge is 0.384 e. The van der Waals surface area contributed by atoms with Crippen LogP contribution in [0.3, 0.4) is 0 Å². The fraction of sp³-hybridized carbons (Fsp3) is 0.647. The summed E-state index contributed by atoms with van der Waals surface area (Å²) in [5.74, 6) is 0.881. The van der Waals surface area contributed by atoms with Gasteiger partial charge < -0.3 is 10.6 Å². The van der Waals surface area contributed by atoms with Gasteiger partial charge in [0.15, 0.2) is 0 Å². The molecule has 0 saturated carbocycles. The molecule has 1 saturated heterocycles. The number of anilines is 1. The van der Waals surface area contributed by atoms with Gasteiger partial charge in [-0.2, -0.15) is 0 Å². The Hall–Kier alpha value is -1.58. The first-order valence-electron chi connectivity index (χ1n) is 7.77. The van der Waals surface area contributed by atoms with E-state index in [1.54, 1.807) is 0 Å². The van der Waals surface area contributed by atoms with Gasteiger partial charge in [0.2, 0.25) is 0 Å². The molecule has 1 aromatic heterocycles. The Morgan fingerprint density at radius 1 is 1.29 bits per heavy atom. The van der Waals surface area contributed by atoms with E-state index in [0.717, 1.165) is 41.6 Å². The predicted molar refractivity (Wildman–Crippen MR) is 89.1 cm³/mol. The molecule has 21 heavy (non-hydrogen) atoms. The molecule has 0 bridgehead atoms. The number of amidine groups is 1. The fourth-order valence-electron chi connectivity index (χ4n) is 3.38. The van der Waals surface area contributed by atoms with Crippen LogP contribution in [0.15, 0.2) is 6.07 Å². The van der Waals surface area contributed by atoms with Crippen molar-refractivity contribution in [3.05, 3.63) is 23.0 Å². The second kappa shape index (κ2) is 5.66. The highest BCUT2D eigenvalue weighted by Crippen LogP contribution is 2.36. The van der Waals surface area contributed by atoms with Crippen LogP contribution in [0.2, 0.25) is 0 Å². The zero-order chi connectivity index (χ0) is 15.8. The van der Waals surface area contributed by atoms with Crippen LogP contribution in [0, 0.1) is 30.6 Å². The zero-order valence-corrected chi connectivity index (χ0v) is 14.0.